The van der Waals surface area contributed by atoms with Gasteiger partial charge in [-0.25, -0.2) is 4.79 Å². The van der Waals surface area contributed by atoms with Crippen LogP contribution in [0.3, 0.4) is 0 Å². The second-order valence-corrected chi connectivity index (χ2v) is 5.76. The number of nitrogens with zero attached hydrogens (tertiary/aromatic N) is 1. The first kappa shape index (κ1) is 17.2. The van der Waals surface area contributed by atoms with Crippen LogP contribution in [0.4, 0.5) is 0 Å². The van der Waals surface area contributed by atoms with Crippen LogP contribution in [-0.4, -0.2) is 36.1 Å². The molecule has 0 aliphatic rings. The number of benzene rings is 2. The SMILES string of the molecule is CN(CCCNCc1cccc(C(=O)O)c1)Cc1ccccc1. The largest absolute Gasteiger partial charge is 0.478 e. The third kappa shape index (κ3) is 6.22. The van der Waals surface area contributed by atoms with E-state index in [4.69, 9.17) is 5.11 Å². The molecule has 0 unspecified atom stereocenters. The summed E-state index contributed by atoms with van der Waals surface area (Å²) in [5.74, 6) is -0.880. The second kappa shape index (κ2) is 9.08. The molecule has 0 spiro atoms. The number of aromatic carboxylic acids is 1. The van der Waals surface area contributed by atoms with Gasteiger partial charge in [0.1, 0.15) is 0 Å². The van der Waals surface area contributed by atoms with Crippen LogP contribution in [0.5, 0.6) is 0 Å². The number of nitrogens with one attached hydrogen (secondary N) is 1. The number of carboxylic acid groups (broad SMARTS) is 1. The summed E-state index contributed by atoms with van der Waals surface area (Å²) in [5, 5.41) is 12.3. The molecule has 122 valence electrons. The first-order valence-electron chi connectivity index (χ1n) is 7.90. The monoisotopic (exact) mass is 312 g/mol. The predicted octanol–water partition coefficient (Wildman–Crippen LogP) is 3.00. The minimum atomic E-state index is -0.880. The van der Waals surface area contributed by atoms with Crippen LogP contribution in [0.2, 0.25) is 0 Å². The first-order chi connectivity index (χ1) is 11.1. The maximum Gasteiger partial charge on any atom is 0.335 e. The van der Waals surface area contributed by atoms with E-state index in [0.29, 0.717) is 12.1 Å². The van der Waals surface area contributed by atoms with Crippen molar-refractivity contribution < 1.29 is 9.90 Å². The molecular weight excluding hydrogens is 288 g/mol. The molecule has 0 aliphatic heterocycles. The number of hydrogen-bond donors (Lipinski definition) is 2. The Morgan fingerprint density at radius 2 is 1.83 bits per heavy atom. The lowest BCUT2D eigenvalue weighted by Crippen LogP contribution is -2.23. The summed E-state index contributed by atoms with van der Waals surface area (Å²) in [5.41, 5.74) is 2.67. The molecule has 2 N–H and O–H groups in total. The molecule has 4 nitrogen and oxygen atoms in total. The Kier molecular flexibility index (Phi) is 6.78. The van der Waals surface area contributed by atoms with Gasteiger partial charge in [0.15, 0.2) is 0 Å². The molecule has 2 aromatic carbocycles. The third-order valence-electron chi connectivity index (χ3n) is 3.69. The normalized spacial score (nSPS) is 10.9. The van der Waals surface area contributed by atoms with Gasteiger partial charge in [-0.05, 0) is 49.8 Å². The van der Waals surface area contributed by atoms with Gasteiger partial charge in [-0.2, -0.15) is 0 Å². The molecular formula is C19H24N2O2. The quantitative estimate of drug-likeness (QED) is 0.699. The van der Waals surface area contributed by atoms with Crippen LogP contribution < -0.4 is 5.32 Å². The fraction of sp³-hybridized carbons (Fsp3) is 0.316. The van der Waals surface area contributed by atoms with Gasteiger partial charge in [0, 0.05) is 13.1 Å². The Bertz CT molecular complexity index is 614. The van der Waals surface area contributed by atoms with Gasteiger partial charge in [-0.3, -0.25) is 0 Å². The van der Waals surface area contributed by atoms with E-state index in [1.165, 1.54) is 5.56 Å². The number of rotatable bonds is 9. The second-order valence-electron chi connectivity index (χ2n) is 5.76. The fourth-order valence-electron chi connectivity index (χ4n) is 2.50. The maximum atomic E-state index is 10.9. The highest BCUT2D eigenvalue weighted by Gasteiger charge is 2.03. The van der Waals surface area contributed by atoms with Crippen molar-refractivity contribution in [3.63, 3.8) is 0 Å². The highest BCUT2D eigenvalue weighted by molar-refractivity contribution is 5.87. The van der Waals surface area contributed by atoms with Crippen LogP contribution in [-0.2, 0) is 13.1 Å². The highest BCUT2D eigenvalue weighted by atomic mass is 16.4. The summed E-state index contributed by atoms with van der Waals surface area (Å²) in [7, 11) is 2.13. The zero-order valence-electron chi connectivity index (χ0n) is 13.5. The van der Waals surface area contributed by atoms with Crippen LogP contribution >= 0.6 is 0 Å². The summed E-state index contributed by atoms with van der Waals surface area (Å²) in [6, 6.07) is 17.5. The van der Waals surface area contributed by atoms with Gasteiger partial charge >= 0.3 is 5.97 Å². The Labute approximate surface area is 137 Å². The van der Waals surface area contributed by atoms with Gasteiger partial charge in [0.05, 0.1) is 5.56 Å². The molecule has 0 heterocycles. The molecule has 0 aromatic heterocycles. The first-order valence-corrected chi connectivity index (χ1v) is 7.90. The Morgan fingerprint density at radius 1 is 1.09 bits per heavy atom. The van der Waals surface area contributed by atoms with Crippen molar-refractivity contribution in [3.8, 4) is 0 Å². The lowest BCUT2D eigenvalue weighted by atomic mass is 10.1. The van der Waals surface area contributed by atoms with Crippen LogP contribution in [0.15, 0.2) is 54.6 Å². The fourth-order valence-corrected chi connectivity index (χ4v) is 2.50. The van der Waals surface area contributed by atoms with Gasteiger partial charge in [-0.1, -0.05) is 42.5 Å². The van der Waals surface area contributed by atoms with E-state index in [-0.39, 0.29) is 0 Å². The Hall–Kier alpha value is -2.17. The molecule has 0 saturated heterocycles. The van der Waals surface area contributed by atoms with Crippen molar-refractivity contribution >= 4 is 5.97 Å². The topological polar surface area (TPSA) is 52.6 Å². The van der Waals surface area contributed by atoms with Crippen molar-refractivity contribution in [2.45, 2.75) is 19.5 Å². The zero-order chi connectivity index (χ0) is 16.5. The number of hydrogen-bond acceptors (Lipinski definition) is 3. The van der Waals surface area contributed by atoms with Gasteiger partial charge in [0.2, 0.25) is 0 Å². The average molecular weight is 312 g/mol. The molecule has 0 saturated carbocycles. The van der Waals surface area contributed by atoms with Crippen molar-refractivity contribution in [2.24, 2.45) is 0 Å². The predicted molar refractivity (Wildman–Crippen MR) is 92.5 cm³/mol. The van der Waals surface area contributed by atoms with Crippen molar-refractivity contribution in [1.29, 1.82) is 0 Å². The molecule has 0 bridgehead atoms. The summed E-state index contributed by atoms with van der Waals surface area (Å²) in [4.78, 5) is 13.2. The molecule has 0 amide bonds. The van der Waals surface area contributed by atoms with Gasteiger partial charge < -0.3 is 15.3 Å². The standard InChI is InChI=1S/C19H24N2O2/c1-21(15-16-7-3-2-4-8-16)12-6-11-20-14-17-9-5-10-18(13-17)19(22)23/h2-5,7-10,13,20H,6,11-12,14-15H2,1H3,(H,22,23). The van der Waals surface area contributed by atoms with Crippen LogP contribution in [0, 0.1) is 0 Å². The van der Waals surface area contributed by atoms with E-state index in [1.807, 2.05) is 12.1 Å². The molecule has 0 fully saturated rings. The number of carbonyl (C=O) groups is 1. The smallest absolute Gasteiger partial charge is 0.335 e. The zero-order valence-corrected chi connectivity index (χ0v) is 13.5. The molecule has 2 aromatic rings. The summed E-state index contributed by atoms with van der Waals surface area (Å²) < 4.78 is 0. The van der Waals surface area contributed by atoms with Crippen molar-refractivity contribution in [3.05, 3.63) is 71.3 Å². The minimum Gasteiger partial charge on any atom is -0.478 e. The van der Waals surface area contributed by atoms with E-state index in [9.17, 15) is 4.79 Å². The van der Waals surface area contributed by atoms with Crippen molar-refractivity contribution in [2.75, 3.05) is 20.1 Å². The van der Waals surface area contributed by atoms with E-state index >= 15 is 0 Å². The Balaban J connectivity index is 1.64. The third-order valence-corrected chi connectivity index (χ3v) is 3.69. The summed E-state index contributed by atoms with van der Waals surface area (Å²) >= 11 is 0. The average Bonchev–Trinajstić information content (AvgIpc) is 2.55. The highest BCUT2D eigenvalue weighted by Crippen LogP contribution is 2.05. The maximum absolute atomic E-state index is 10.9. The van der Waals surface area contributed by atoms with E-state index in [2.05, 4.69) is 41.5 Å². The minimum absolute atomic E-state index is 0.340. The Morgan fingerprint density at radius 3 is 2.57 bits per heavy atom. The number of carboxylic acids is 1. The molecule has 4 heteroatoms. The molecule has 23 heavy (non-hydrogen) atoms. The van der Waals surface area contributed by atoms with Gasteiger partial charge in [-0.15, -0.1) is 0 Å². The van der Waals surface area contributed by atoms with E-state index in [0.717, 1.165) is 31.6 Å². The molecule has 2 rings (SSSR count). The lowest BCUT2D eigenvalue weighted by molar-refractivity contribution is 0.0696. The van der Waals surface area contributed by atoms with Crippen LogP contribution in [0.1, 0.15) is 27.9 Å². The van der Waals surface area contributed by atoms with E-state index < -0.39 is 5.97 Å². The molecule has 0 aliphatic carbocycles. The van der Waals surface area contributed by atoms with Crippen molar-refractivity contribution in [1.82, 2.24) is 10.2 Å². The molecule has 0 radical (unpaired) electrons. The molecule has 0 atom stereocenters. The summed E-state index contributed by atoms with van der Waals surface area (Å²) in [6.07, 6.45) is 1.06. The van der Waals surface area contributed by atoms with E-state index in [1.54, 1.807) is 18.2 Å². The van der Waals surface area contributed by atoms with Gasteiger partial charge in [0.25, 0.3) is 0 Å². The lowest BCUT2D eigenvalue weighted by Gasteiger charge is -2.16. The summed E-state index contributed by atoms with van der Waals surface area (Å²) in [6.45, 7) is 3.60. The van der Waals surface area contributed by atoms with Crippen LogP contribution in [0.25, 0.3) is 0 Å².